The number of likely N-dealkylation sites (tertiary alicyclic amines) is 1. The summed E-state index contributed by atoms with van der Waals surface area (Å²) in [4.78, 5) is 2.44. The van der Waals surface area contributed by atoms with Crippen LogP contribution in [0.4, 0.5) is 0 Å². The fourth-order valence-electron chi connectivity index (χ4n) is 2.71. The molecule has 3 heteroatoms. The molecule has 1 aliphatic heterocycles. The molecule has 1 saturated heterocycles. The van der Waals surface area contributed by atoms with E-state index in [1.807, 2.05) is 12.1 Å². The summed E-state index contributed by atoms with van der Waals surface area (Å²) in [6.07, 6.45) is 2.96. The molecular weight excluding hydrogens is 212 g/mol. The van der Waals surface area contributed by atoms with E-state index in [1.54, 1.807) is 6.26 Å². The molecular formula is C14H24N2O. The van der Waals surface area contributed by atoms with Crippen LogP contribution < -0.4 is 5.32 Å². The highest BCUT2D eigenvalue weighted by molar-refractivity contribution is 5.04. The number of hydrogen-bond donors (Lipinski definition) is 1. The Morgan fingerprint density at radius 3 is 2.88 bits per heavy atom. The number of piperidine rings is 1. The van der Waals surface area contributed by atoms with Crippen LogP contribution in [-0.2, 0) is 0 Å². The molecule has 0 amide bonds. The van der Waals surface area contributed by atoms with Crippen molar-refractivity contribution in [3.8, 4) is 0 Å². The number of furan rings is 1. The maximum Gasteiger partial charge on any atom is 0.120 e. The standard InChI is InChI=1S/C14H24N2O/c1-10-9-16(4)11(2)8-13(10)15-12(3)14-6-5-7-17-14/h5-7,10-13,15H,8-9H2,1-4H3/t10?,11?,12-,13?/m1/s1. The highest BCUT2D eigenvalue weighted by Crippen LogP contribution is 2.23. The summed E-state index contributed by atoms with van der Waals surface area (Å²) in [5, 5.41) is 3.70. The molecule has 2 heterocycles. The first-order valence-corrected chi connectivity index (χ1v) is 6.57. The second kappa shape index (κ2) is 5.23. The molecule has 1 N–H and O–H groups in total. The molecule has 1 aromatic rings. The van der Waals surface area contributed by atoms with Gasteiger partial charge in [0.25, 0.3) is 0 Å². The van der Waals surface area contributed by atoms with Gasteiger partial charge in [-0.25, -0.2) is 0 Å². The van der Waals surface area contributed by atoms with E-state index in [4.69, 9.17) is 4.42 Å². The molecule has 3 nitrogen and oxygen atoms in total. The number of nitrogens with one attached hydrogen (secondary N) is 1. The van der Waals surface area contributed by atoms with E-state index in [0.29, 0.717) is 24.0 Å². The fourth-order valence-corrected chi connectivity index (χ4v) is 2.71. The first kappa shape index (κ1) is 12.7. The maximum absolute atomic E-state index is 5.45. The van der Waals surface area contributed by atoms with Crippen molar-refractivity contribution in [3.05, 3.63) is 24.2 Å². The van der Waals surface area contributed by atoms with Crippen LogP contribution in [0, 0.1) is 5.92 Å². The molecule has 0 aromatic carbocycles. The molecule has 1 aliphatic rings. The van der Waals surface area contributed by atoms with Crippen LogP contribution in [0.15, 0.2) is 22.8 Å². The smallest absolute Gasteiger partial charge is 0.120 e. The van der Waals surface area contributed by atoms with E-state index >= 15 is 0 Å². The zero-order valence-electron chi connectivity index (χ0n) is 11.3. The second-order valence-electron chi connectivity index (χ2n) is 5.51. The molecule has 0 saturated carbocycles. The zero-order valence-corrected chi connectivity index (χ0v) is 11.3. The van der Waals surface area contributed by atoms with Crippen molar-refractivity contribution in [1.82, 2.24) is 10.2 Å². The monoisotopic (exact) mass is 236 g/mol. The van der Waals surface area contributed by atoms with Gasteiger partial charge in [0.1, 0.15) is 5.76 Å². The van der Waals surface area contributed by atoms with E-state index < -0.39 is 0 Å². The summed E-state index contributed by atoms with van der Waals surface area (Å²) in [5.74, 6) is 1.72. The van der Waals surface area contributed by atoms with Gasteiger partial charge in [-0.05, 0) is 45.4 Å². The third kappa shape index (κ3) is 2.90. The molecule has 17 heavy (non-hydrogen) atoms. The highest BCUT2D eigenvalue weighted by atomic mass is 16.3. The van der Waals surface area contributed by atoms with Crippen LogP contribution in [0.3, 0.4) is 0 Å². The molecule has 0 radical (unpaired) electrons. The average molecular weight is 236 g/mol. The first-order valence-electron chi connectivity index (χ1n) is 6.57. The van der Waals surface area contributed by atoms with Crippen LogP contribution in [0.5, 0.6) is 0 Å². The molecule has 1 fully saturated rings. The van der Waals surface area contributed by atoms with Crippen molar-refractivity contribution in [2.75, 3.05) is 13.6 Å². The molecule has 96 valence electrons. The van der Waals surface area contributed by atoms with Crippen LogP contribution in [0.1, 0.15) is 39.0 Å². The Morgan fingerprint density at radius 1 is 1.47 bits per heavy atom. The molecule has 0 bridgehead atoms. The van der Waals surface area contributed by atoms with Crippen molar-refractivity contribution < 1.29 is 4.42 Å². The van der Waals surface area contributed by atoms with E-state index in [0.717, 1.165) is 5.76 Å². The van der Waals surface area contributed by atoms with Crippen LogP contribution in [0.2, 0.25) is 0 Å². The van der Waals surface area contributed by atoms with Crippen LogP contribution >= 0.6 is 0 Å². The maximum atomic E-state index is 5.45. The van der Waals surface area contributed by atoms with Crippen LogP contribution in [0.25, 0.3) is 0 Å². The van der Waals surface area contributed by atoms with Gasteiger partial charge < -0.3 is 14.6 Å². The Labute approximate surface area is 104 Å². The molecule has 0 spiro atoms. The van der Waals surface area contributed by atoms with E-state index in [-0.39, 0.29) is 0 Å². The Hall–Kier alpha value is -0.800. The van der Waals surface area contributed by atoms with Gasteiger partial charge >= 0.3 is 0 Å². The van der Waals surface area contributed by atoms with Crippen LogP contribution in [-0.4, -0.2) is 30.6 Å². The van der Waals surface area contributed by atoms with Crippen molar-refractivity contribution in [1.29, 1.82) is 0 Å². The van der Waals surface area contributed by atoms with Gasteiger partial charge in [-0.15, -0.1) is 0 Å². The summed E-state index contributed by atoms with van der Waals surface area (Å²) in [6.45, 7) is 7.98. The van der Waals surface area contributed by atoms with Gasteiger partial charge in [-0.1, -0.05) is 6.92 Å². The van der Waals surface area contributed by atoms with Gasteiger partial charge in [0.05, 0.1) is 12.3 Å². The average Bonchev–Trinajstić information content (AvgIpc) is 2.79. The number of rotatable bonds is 3. The van der Waals surface area contributed by atoms with E-state index in [9.17, 15) is 0 Å². The molecule has 3 unspecified atom stereocenters. The lowest BCUT2D eigenvalue weighted by atomic mass is 9.89. The Bertz CT molecular complexity index is 336. The summed E-state index contributed by atoms with van der Waals surface area (Å²) in [7, 11) is 2.22. The lowest BCUT2D eigenvalue weighted by Gasteiger charge is -2.41. The minimum absolute atomic E-state index is 0.299. The molecule has 2 rings (SSSR count). The number of hydrogen-bond acceptors (Lipinski definition) is 3. The van der Waals surface area contributed by atoms with Crippen molar-refractivity contribution in [2.24, 2.45) is 5.92 Å². The summed E-state index contributed by atoms with van der Waals surface area (Å²) >= 11 is 0. The van der Waals surface area contributed by atoms with Crippen molar-refractivity contribution in [2.45, 2.75) is 45.3 Å². The molecule has 4 atom stereocenters. The third-order valence-corrected chi connectivity index (χ3v) is 4.04. The minimum Gasteiger partial charge on any atom is -0.468 e. The Morgan fingerprint density at radius 2 is 2.24 bits per heavy atom. The second-order valence-corrected chi connectivity index (χ2v) is 5.51. The number of nitrogens with zero attached hydrogens (tertiary/aromatic N) is 1. The first-order chi connectivity index (χ1) is 8.08. The third-order valence-electron chi connectivity index (χ3n) is 4.04. The lowest BCUT2D eigenvalue weighted by Crippen LogP contribution is -2.51. The van der Waals surface area contributed by atoms with Gasteiger partial charge in [0, 0.05) is 18.6 Å². The van der Waals surface area contributed by atoms with E-state index in [1.165, 1.54) is 13.0 Å². The Balaban J connectivity index is 1.94. The largest absolute Gasteiger partial charge is 0.468 e. The predicted molar refractivity (Wildman–Crippen MR) is 69.9 cm³/mol. The molecule has 0 aliphatic carbocycles. The fraction of sp³-hybridized carbons (Fsp3) is 0.714. The molecule has 1 aromatic heterocycles. The van der Waals surface area contributed by atoms with Crippen molar-refractivity contribution in [3.63, 3.8) is 0 Å². The quantitative estimate of drug-likeness (QED) is 0.874. The van der Waals surface area contributed by atoms with Gasteiger partial charge in [0.2, 0.25) is 0 Å². The highest BCUT2D eigenvalue weighted by Gasteiger charge is 2.29. The summed E-state index contributed by atoms with van der Waals surface area (Å²) < 4.78 is 5.45. The topological polar surface area (TPSA) is 28.4 Å². The Kier molecular flexibility index (Phi) is 3.89. The summed E-state index contributed by atoms with van der Waals surface area (Å²) in [5.41, 5.74) is 0. The minimum atomic E-state index is 0.299. The summed E-state index contributed by atoms with van der Waals surface area (Å²) in [6, 6.07) is 5.54. The van der Waals surface area contributed by atoms with Crippen molar-refractivity contribution >= 4 is 0 Å². The van der Waals surface area contributed by atoms with Gasteiger partial charge in [-0.2, -0.15) is 0 Å². The normalized spacial score (nSPS) is 32.6. The van der Waals surface area contributed by atoms with E-state index in [2.05, 4.69) is 38.0 Å². The van der Waals surface area contributed by atoms with Gasteiger partial charge in [-0.3, -0.25) is 0 Å². The zero-order chi connectivity index (χ0) is 12.4. The SMILES string of the molecule is CC1CN(C)C(C)CC1N[C@H](C)c1ccco1. The predicted octanol–water partition coefficient (Wildman–Crippen LogP) is 2.66. The lowest BCUT2D eigenvalue weighted by molar-refractivity contribution is 0.115. The van der Waals surface area contributed by atoms with Gasteiger partial charge in [0.15, 0.2) is 0 Å².